The van der Waals surface area contributed by atoms with Crippen molar-refractivity contribution in [2.24, 2.45) is 0 Å². The number of hydrogen-bond acceptors (Lipinski definition) is 0. The van der Waals surface area contributed by atoms with Crippen LogP contribution < -0.4 is 0 Å². The Morgan fingerprint density at radius 2 is 1.60 bits per heavy atom. The van der Waals surface area contributed by atoms with Crippen LogP contribution in [0.1, 0.15) is 66.4 Å². The molecule has 1 heterocycles. The first kappa shape index (κ1) is 15.6. The zero-order valence-corrected chi connectivity index (χ0v) is 15.1. The van der Waals surface area contributed by atoms with E-state index in [-0.39, 0.29) is 0 Å². The molecular weight excluding hydrogens is 258 g/mol. The summed E-state index contributed by atoms with van der Waals surface area (Å²) in [5.41, 5.74) is 5.34. The highest BCUT2D eigenvalue weighted by Crippen LogP contribution is 2.43. The quantitative estimate of drug-likeness (QED) is 0.579. The van der Waals surface area contributed by atoms with Gasteiger partial charge in [0.25, 0.3) is 0 Å². The van der Waals surface area contributed by atoms with Gasteiger partial charge in [-0.25, -0.2) is 0 Å². The maximum absolute atomic E-state index is 2.65. The molecule has 0 aliphatic heterocycles. The molecule has 0 N–H and O–H groups in total. The maximum atomic E-state index is 2.65. The maximum Gasteiger partial charge on any atom is 0.168 e. The summed E-state index contributed by atoms with van der Waals surface area (Å²) in [4.78, 5) is 0. The average Bonchev–Trinajstić information content (AvgIpc) is 2.97. The fourth-order valence-corrected chi connectivity index (χ4v) is 11.1. The smallest absolute Gasteiger partial charge is 0.168 e. The minimum absolute atomic E-state index is 0.764. The summed E-state index contributed by atoms with van der Waals surface area (Å²) < 4.78 is 2.65. The van der Waals surface area contributed by atoms with Gasteiger partial charge in [-0.05, 0) is 59.3 Å². The fourth-order valence-electron chi connectivity index (χ4n) is 4.65. The summed E-state index contributed by atoms with van der Waals surface area (Å²) in [7, 11) is -1.54. The van der Waals surface area contributed by atoms with Crippen molar-refractivity contribution in [1.29, 1.82) is 0 Å². The van der Waals surface area contributed by atoms with Gasteiger partial charge in [-0.2, -0.15) is 0 Å². The van der Waals surface area contributed by atoms with Crippen molar-refractivity contribution in [3.63, 3.8) is 0 Å². The molecule has 0 spiro atoms. The summed E-state index contributed by atoms with van der Waals surface area (Å²) in [6.45, 7) is 14.6. The van der Waals surface area contributed by atoms with E-state index in [1.54, 1.807) is 5.57 Å². The van der Waals surface area contributed by atoms with E-state index in [9.17, 15) is 0 Å². The third-order valence-corrected chi connectivity index (χ3v) is 12.0. The van der Waals surface area contributed by atoms with Crippen molar-refractivity contribution in [2.75, 3.05) is 0 Å². The molecule has 1 aliphatic rings. The fraction of sp³-hybridized carbons (Fsp3) is 0.667. The summed E-state index contributed by atoms with van der Waals surface area (Å²) in [5.74, 6) is 0. The third-order valence-electron chi connectivity index (χ3n) is 5.33. The molecule has 0 bridgehead atoms. The number of hydrogen-bond donors (Lipinski definition) is 0. The molecule has 0 fully saturated rings. The molecule has 0 saturated carbocycles. The minimum Gasteiger partial charge on any atom is -0.379 e. The van der Waals surface area contributed by atoms with Crippen LogP contribution in [0.2, 0.25) is 16.6 Å². The molecule has 1 aromatic rings. The van der Waals surface area contributed by atoms with E-state index in [0.717, 1.165) is 16.6 Å². The topological polar surface area (TPSA) is 4.93 Å². The second-order valence-electron chi connectivity index (χ2n) is 7.28. The zero-order chi connectivity index (χ0) is 14.9. The molecule has 2 heteroatoms. The minimum atomic E-state index is -1.54. The van der Waals surface area contributed by atoms with Crippen LogP contribution in [0.15, 0.2) is 24.5 Å². The molecule has 0 unspecified atom stereocenters. The Morgan fingerprint density at radius 1 is 1.00 bits per heavy atom. The number of aromatic nitrogens is 1. The lowest BCUT2D eigenvalue weighted by molar-refractivity contribution is 0.765. The van der Waals surface area contributed by atoms with Crippen molar-refractivity contribution in [1.82, 2.24) is 4.23 Å². The zero-order valence-electron chi connectivity index (χ0n) is 14.1. The van der Waals surface area contributed by atoms with Gasteiger partial charge >= 0.3 is 0 Å². The van der Waals surface area contributed by atoms with Crippen molar-refractivity contribution in [3.05, 3.63) is 30.1 Å². The van der Waals surface area contributed by atoms with Crippen LogP contribution in [0.5, 0.6) is 0 Å². The molecule has 1 nitrogen and oxygen atoms in total. The molecule has 20 heavy (non-hydrogen) atoms. The van der Waals surface area contributed by atoms with Crippen molar-refractivity contribution in [2.45, 2.75) is 77.4 Å². The van der Waals surface area contributed by atoms with Crippen LogP contribution >= 0.6 is 0 Å². The molecule has 2 rings (SSSR count). The normalized spacial score (nSPS) is 16.6. The predicted octanol–water partition coefficient (Wildman–Crippen LogP) is 6.08. The lowest BCUT2D eigenvalue weighted by atomic mass is 10.1. The van der Waals surface area contributed by atoms with Gasteiger partial charge in [-0.1, -0.05) is 47.6 Å². The SMILES string of the molecule is CC(C)[Si](C(C)C)(C(C)C)n1ccc(C2=CCCC2)c1. The molecule has 1 aliphatic carbocycles. The first-order valence-electron chi connectivity index (χ1n) is 8.28. The second kappa shape index (κ2) is 5.93. The van der Waals surface area contributed by atoms with Crippen LogP contribution in [-0.4, -0.2) is 12.5 Å². The van der Waals surface area contributed by atoms with Crippen LogP contribution in [0.3, 0.4) is 0 Å². The van der Waals surface area contributed by atoms with E-state index in [1.807, 2.05) is 0 Å². The molecule has 0 atom stereocenters. The van der Waals surface area contributed by atoms with E-state index in [1.165, 1.54) is 24.8 Å². The second-order valence-corrected chi connectivity index (χ2v) is 13.0. The van der Waals surface area contributed by atoms with Gasteiger partial charge in [0.05, 0.1) is 0 Å². The average molecular weight is 290 g/mol. The summed E-state index contributed by atoms with van der Waals surface area (Å²) in [6, 6.07) is 2.35. The van der Waals surface area contributed by atoms with Crippen LogP contribution in [0.25, 0.3) is 5.57 Å². The molecular formula is C18H31NSi. The van der Waals surface area contributed by atoms with Gasteiger partial charge < -0.3 is 4.23 Å². The summed E-state index contributed by atoms with van der Waals surface area (Å²) >= 11 is 0. The van der Waals surface area contributed by atoms with Gasteiger partial charge in [-0.3, -0.25) is 0 Å². The van der Waals surface area contributed by atoms with Crippen LogP contribution in [0, 0.1) is 0 Å². The molecule has 0 saturated heterocycles. The highest BCUT2D eigenvalue weighted by molar-refractivity contribution is 6.82. The van der Waals surface area contributed by atoms with Crippen molar-refractivity contribution in [3.8, 4) is 0 Å². The molecule has 0 radical (unpaired) electrons. The van der Waals surface area contributed by atoms with Gasteiger partial charge in [0, 0.05) is 6.20 Å². The Hall–Kier alpha value is -0.763. The highest BCUT2D eigenvalue weighted by Gasteiger charge is 2.44. The largest absolute Gasteiger partial charge is 0.379 e. The van der Waals surface area contributed by atoms with Crippen molar-refractivity contribution < 1.29 is 0 Å². The standard InChI is InChI=1S/C18H31NSi/c1-14(2)20(15(3)4,16(5)6)19-12-11-18(13-19)17-9-7-8-10-17/h9,11-16H,7-8,10H2,1-6H3. The van der Waals surface area contributed by atoms with Crippen LogP contribution in [0.4, 0.5) is 0 Å². The van der Waals surface area contributed by atoms with Gasteiger partial charge in [0.1, 0.15) is 0 Å². The van der Waals surface area contributed by atoms with E-state index < -0.39 is 8.24 Å². The Balaban J connectivity index is 2.44. The van der Waals surface area contributed by atoms with Crippen molar-refractivity contribution >= 4 is 13.8 Å². The van der Waals surface area contributed by atoms with Gasteiger partial charge in [0.2, 0.25) is 0 Å². The predicted molar refractivity (Wildman–Crippen MR) is 92.7 cm³/mol. The monoisotopic (exact) mass is 289 g/mol. The molecule has 1 aromatic heterocycles. The first-order chi connectivity index (χ1) is 9.40. The molecule has 112 valence electrons. The van der Waals surface area contributed by atoms with E-state index in [2.05, 4.69) is 70.3 Å². The summed E-state index contributed by atoms with van der Waals surface area (Å²) in [6.07, 6.45) is 11.1. The lowest BCUT2D eigenvalue weighted by Gasteiger charge is -2.44. The Kier molecular flexibility index (Phi) is 4.63. The lowest BCUT2D eigenvalue weighted by Crippen LogP contribution is -2.51. The first-order valence-corrected chi connectivity index (χ1v) is 10.5. The van der Waals surface area contributed by atoms with Crippen LogP contribution in [-0.2, 0) is 0 Å². The van der Waals surface area contributed by atoms with E-state index >= 15 is 0 Å². The highest BCUT2D eigenvalue weighted by atomic mass is 28.3. The Bertz CT molecular complexity index is 458. The number of rotatable bonds is 5. The molecule has 0 aromatic carbocycles. The third kappa shape index (κ3) is 2.43. The van der Waals surface area contributed by atoms with E-state index in [4.69, 9.17) is 0 Å². The molecule has 0 amide bonds. The Morgan fingerprint density at radius 3 is 2.05 bits per heavy atom. The summed E-state index contributed by atoms with van der Waals surface area (Å²) in [5, 5.41) is 0. The number of allylic oxidation sites excluding steroid dienone is 2. The van der Waals surface area contributed by atoms with Gasteiger partial charge in [-0.15, -0.1) is 0 Å². The Labute approximate surface area is 126 Å². The van der Waals surface area contributed by atoms with E-state index in [0.29, 0.717) is 0 Å². The van der Waals surface area contributed by atoms with Gasteiger partial charge in [0.15, 0.2) is 8.24 Å². The number of nitrogens with zero attached hydrogens (tertiary/aromatic N) is 1.